The van der Waals surface area contributed by atoms with E-state index in [1.165, 1.54) is 5.56 Å². The van der Waals surface area contributed by atoms with Crippen LogP contribution in [0.3, 0.4) is 0 Å². The Morgan fingerprint density at radius 1 is 1.24 bits per heavy atom. The van der Waals surface area contributed by atoms with Gasteiger partial charge in [-0.2, -0.15) is 0 Å². The van der Waals surface area contributed by atoms with Crippen LogP contribution in [0, 0.1) is 12.3 Å². The highest BCUT2D eigenvalue weighted by Gasteiger charge is 2.06. The number of hydrogen-bond donors (Lipinski definition) is 2. The highest BCUT2D eigenvalue weighted by molar-refractivity contribution is 7.99. The van der Waals surface area contributed by atoms with Gasteiger partial charge in [0.15, 0.2) is 0 Å². The minimum atomic E-state index is 0.0713. The van der Waals surface area contributed by atoms with Gasteiger partial charge in [0.2, 0.25) is 0 Å². The van der Waals surface area contributed by atoms with Crippen LogP contribution in [0.2, 0.25) is 0 Å². The molecule has 0 aliphatic rings. The van der Waals surface area contributed by atoms with Crippen molar-refractivity contribution in [3.8, 4) is 0 Å². The summed E-state index contributed by atoms with van der Waals surface area (Å²) in [5, 5.41) is 7.51. The molecule has 4 heteroatoms. The first-order chi connectivity index (χ1) is 8.16. The first kappa shape index (κ1) is 11.7. The number of amidine groups is 1. The first-order valence-corrected chi connectivity index (χ1v) is 6.01. The summed E-state index contributed by atoms with van der Waals surface area (Å²) in [5.41, 5.74) is 7.49. The molecular formula is C13H13N3S. The maximum atomic E-state index is 7.51. The lowest BCUT2D eigenvalue weighted by molar-refractivity contribution is 1.20. The van der Waals surface area contributed by atoms with Crippen molar-refractivity contribution in [2.24, 2.45) is 5.73 Å². The van der Waals surface area contributed by atoms with Crippen molar-refractivity contribution in [3.05, 3.63) is 53.9 Å². The van der Waals surface area contributed by atoms with Gasteiger partial charge in [-0.1, -0.05) is 29.5 Å². The molecule has 3 N–H and O–H groups in total. The Hall–Kier alpha value is -1.81. The van der Waals surface area contributed by atoms with Gasteiger partial charge < -0.3 is 5.73 Å². The van der Waals surface area contributed by atoms with Crippen molar-refractivity contribution in [3.63, 3.8) is 0 Å². The molecule has 1 aromatic carbocycles. The van der Waals surface area contributed by atoms with Gasteiger partial charge >= 0.3 is 0 Å². The fraction of sp³-hybridized carbons (Fsp3) is 0.0769. The molecule has 0 saturated heterocycles. The maximum absolute atomic E-state index is 7.51. The minimum Gasteiger partial charge on any atom is -0.384 e. The summed E-state index contributed by atoms with van der Waals surface area (Å²) in [4.78, 5) is 6.09. The number of hydrogen-bond acceptors (Lipinski definition) is 3. The standard InChI is InChI=1S/C13H13N3S/c1-9-2-4-10(5-3-9)17-12-8-16-7-6-11(12)13(14)15/h2-8H,1H3,(H3,14,15). The minimum absolute atomic E-state index is 0.0713. The smallest absolute Gasteiger partial charge is 0.124 e. The van der Waals surface area contributed by atoms with E-state index in [1.54, 1.807) is 30.2 Å². The van der Waals surface area contributed by atoms with E-state index in [1.807, 2.05) is 0 Å². The lowest BCUT2D eigenvalue weighted by Crippen LogP contribution is -2.12. The van der Waals surface area contributed by atoms with Gasteiger partial charge in [-0.3, -0.25) is 10.4 Å². The van der Waals surface area contributed by atoms with E-state index in [2.05, 4.69) is 36.2 Å². The van der Waals surface area contributed by atoms with Crippen LogP contribution in [0.4, 0.5) is 0 Å². The second kappa shape index (κ2) is 5.01. The third-order valence-electron chi connectivity index (χ3n) is 2.32. The van der Waals surface area contributed by atoms with Crippen LogP contribution in [0.1, 0.15) is 11.1 Å². The zero-order valence-corrected chi connectivity index (χ0v) is 10.3. The molecule has 0 bridgehead atoms. The van der Waals surface area contributed by atoms with Crippen molar-refractivity contribution in [1.29, 1.82) is 5.41 Å². The predicted octanol–water partition coefficient (Wildman–Crippen LogP) is 2.83. The molecule has 2 aromatic rings. The largest absolute Gasteiger partial charge is 0.384 e. The summed E-state index contributed by atoms with van der Waals surface area (Å²) in [6.45, 7) is 2.06. The second-order valence-corrected chi connectivity index (χ2v) is 4.82. The second-order valence-electron chi connectivity index (χ2n) is 3.70. The van der Waals surface area contributed by atoms with Crippen LogP contribution in [0.5, 0.6) is 0 Å². The molecule has 1 aromatic heterocycles. The van der Waals surface area contributed by atoms with E-state index in [9.17, 15) is 0 Å². The first-order valence-electron chi connectivity index (χ1n) is 5.20. The molecule has 1 heterocycles. The topological polar surface area (TPSA) is 62.8 Å². The molecule has 0 unspecified atom stereocenters. The van der Waals surface area contributed by atoms with Crippen LogP contribution in [0.25, 0.3) is 0 Å². The summed E-state index contributed by atoms with van der Waals surface area (Å²) in [6.07, 6.45) is 3.39. The summed E-state index contributed by atoms with van der Waals surface area (Å²) in [5.74, 6) is 0.0713. The van der Waals surface area contributed by atoms with E-state index in [-0.39, 0.29) is 5.84 Å². The van der Waals surface area contributed by atoms with Crippen LogP contribution in [-0.4, -0.2) is 10.8 Å². The molecule has 0 fully saturated rings. The molecule has 0 aliphatic carbocycles. The van der Waals surface area contributed by atoms with Gasteiger partial charge in [0.1, 0.15) is 5.84 Å². The molecule has 0 atom stereocenters. The Kier molecular flexibility index (Phi) is 3.44. The number of aryl methyl sites for hydroxylation is 1. The quantitative estimate of drug-likeness (QED) is 0.643. The van der Waals surface area contributed by atoms with Gasteiger partial charge in [0.25, 0.3) is 0 Å². The van der Waals surface area contributed by atoms with Gasteiger partial charge in [-0.05, 0) is 25.1 Å². The highest BCUT2D eigenvalue weighted by atomic mass is 32.2. The van der Waals surface area contributed by atoms with E-state index < -0.39 is 0 Å². The van der Waals surface area contributed by atoms with Crippen molar-refractivity contribution < 1.29 is 0 Å². The molecule has 86 valence electrons. The molecule has 3 nitrogen and oxygen atoms in total. The molecule has 0 saturated carbocycles. The monoisotopic (exact) mass is 243 g/mol. The average Bonchev–Trinajstić information content (AvgIpc) is 2.32. The summed E-state index contributed by atoms with van der Waals surface area (Å²) >= 11 is 1.57. The number of nitrogens with zero attached hydrogens (tertiary/aromatic N) is 1. The Labute approximate surface area is 105 Å². The van der Waals surface area contributed by atoms with Crippen molar-refractivity contribution in [2.75, 3.05) is 0 Å². The molecular weight excluding hydrogens is 230 g/mol. The van der Waals surface area contributed by atoms with Gasteiger partial charge in [0.05, 0.1) is 0 Å². The number of rotatable bonds is 3. The molecule has 0 amide bonds. The highest BCUT2D eigenvalue weighted by Crippen LogP contribution is 2.29. The maximum Gasteiger partial charge on any atom is 0.124 e. The van der Waals surface area contributed by atoms with Gasteiger partial charge in [0, 0.05) is 27.7 Å². The van der Waals surface area contributed by atoms with Crippen molar-refractivity contribution >= 4 is 17.6 Å². The van der Waals surface area contributed by atoms with Gasteiger partial charge in [-0.15, -0.1) is 0 Å². The van der Waals surface area contributed by atoms with E-state index in [4.69, 9.17) is 11.1 Å². The number of pyridine rings is 1. The predicted molar refractivity (Wildman–Crippen MR) is 70.6 cm³/mol. The fourth-order valence-corrected chi connectivity index (χ4v) is 2.34. The number of aromatic nitrogens is 1. The Balaban J connectivity index is 2.30. The fourth-order valence-electron chi connectivity index (χ4n) is 1.42. The summed E-state index contributed by atoms with van der Waals surface area (Å²) in [7, 11) is 0. The van der Waals surface area contributed by atoms with Crippen LogP contribution < -0.4 is 5.73 Å². The lowest BCUT2D eigenvalue weighted by atomic mass is 10.2. The van der Waals surface area contributed by atoms with E-state index >= 15 is 0 Å². The van der Waals surface area contributed by atoms with Crippen molar-refractivity contribution in [2.45, 2.75) is 16.7 Å². The number of benzene rings is 1. The zero-order valence-electron chi connectivity index (χ0n) is 9.47. The lowest BCUT2D eigenvalue weighted by Gasteiger charge is -2.06. The van der Waals surface area contributed by atoms with Gasteiger partial charge in [-0.25, -0.2) is 0 Å². The number of nitrogens with one attached hydrogen (secondary N) is 1. The third kappa shape index (κ3) is 2.85. The molecule has 2 rings (SSSR count). The number of nitrogen functional groups attached to an aromatic ring is 1. The zero-order chi connectivity index (χ0) is 12.3. The average molecular weight is 243 g/mol. The van der Waals surface area contributed by atoms with E-state index in [0.29, 0.717) is 0 Å². The molecule has 0 spiro atoms. The third-order valence-corrected chi connectivity index (χ3v) is 3.38. The molecule has 0 aliphatic heterocycles. The normalized spacial score (nSPS) is 10.2. The summed E-state index contributed by atoms with van der Waals surface area (Å²) < 4.78 is 0. The van der Waals surface area contributed by atoms with Crippen molar-refractivity contribution in [1.82, 2.24) is 4.98 Å². The molecule has 0 radical (unpaired) electrons. The molecule has 17 heavy (non-hydrogen) atoms. The Morgan fingerprint density at radius 3 is 2.59 bits per heavy atom. The summed E-state index contributed by atoms with van der Waals surface area (Å²) in [6, 6.07) is 9.99. The van der Waals surface area contributed by atoms with Crippen LogP contribution in [0.15, 0.2) is 52.5 Å². The SMILES string of the molecule is Cc1ccc(Sc2cnccc2C(=N)N)cc1. The number of nitrogens with two attached hydrogens (primary N) is 1. The van der Waals surface area contributed by atoms with E-state index in [0.717, 1.165) is 15.4 Å². The Bertz CT molecular complexity index is 535. The van der Waals surface area contributed by atoms with Crippen LogP contribution in [-0.2, 0) is 0 Å². The van der Waals surface area contributed by atoms with Crippen LogP contribution >= 0.6 is 11.8 Å². The Morgan fingerprint density at radius 2 is 1.94 bits per heavy atom.